The number of hydrogen-bond acceptors (Lipinski definition) is 5. The number of hydrogen-bond donors (Lipinski definition) is 1. The Bertz CT molecular complexity index is 1730. The lowest BCUT2D eigenvalue weighted by atomic mass is 9.84. The molecule has 2 aromatic heterocycles. The van der Waals surface area contributed by atoms with Crippen molar-refractivity contribution in [3.8, 4) is 11.4 Å². The van der Waals surface area contributed by atoms with Crippen LogP contribution in [0.1, 0.15) is 60.5 Å². The third-order valence-electron chi connectivity index (χ3n) is 8.27. The Labute approximate surface area is 257 Å². The fourth-order valence-electron chi connectivity index (χ4n) is 6.21. The third-order valence-corrected chi connectivity index (χ3v) is 8.60. The first-order valence-electron chi connectivity index (χ1n) is 14.4. The molecule has 0 bridgehead atoms. The third kappa shape index (κ3) is 5.25. The molecule has 230 valence electrons. The van der Waals surface area contributed by atoms with Crippen LogP contribution >= 0.6 is 11.6 Å². The zero-order valence-corrected chi connectivity index (χ0v) is 25.3. The molecular formula is C31H31ClF3N7O2. The van der Waals surface area contributed by atoms with Gasteiger partial charge < -0.3 is 4.90 Å². The number of aryl methyl sites for hydroxylation is 1. The lowest BCUT2D eigenvalue weighted by Gasteiger charge is -2.47. The van der Waals surface area contributed by atoms with Crippen molar-refractivity contribution in [2.75, 3.05) is 11.4 Å². The number of halogens is 4. The van der Waals surface area contributed by atoms with Gasteiger partial charge in [-0.15, -0.1) is 0 Å². The quantitative estimate of drug-likeness (QED) is 0.269. The van der Waals surface area contributed by atoms with E-state index < -0.39 is 40.7 Å². The molecule has 4 heterocycles. The lowest BCUT2D eigenvalue weighted by Crippen LogP contribution is -2.56. The van der Waals surface area contributed by atoms with E-state index in [-0.39, 0.29) is 23.9 Å². The molecule has 9 nitrogen and oxygen atoms in total. The van der Waals surface area contributed by atoms with Crippen molar-refractivity contribution in [2.24, 2.45) is 11.8 Å². The lowest BCUT2D eigenvalue weighted by molar-refractivity contribution is -0.137. The van der Waals surface area contributed by atoms with Crippen molar-refractivity contribution in [2.45, 2.75) is 58.8 Å². The monoisotopic (exact) mass is 625 g/mol. The van der Waals surface area contributed by atoms with E-state index in [1.54, 1.807) is 11.1 Å². The van der Waals surface area contributed by atoms with Crippen molar-refractivity contribution in [3.63, 3.8) is 0 Å². The van der Waals surface area contributed by atoms with E-state index in [9.17, 15) is 22.8 Å². The number of fused-ring (bicyclic) bond motifs is 3. The van der Waals surface area contributed by atoms with Gasteiger partial charge >= 0.3 is 6.18 Å². The van der Waals surface area contributed by atoms with Crippen LogP contribution in [0.5, 0.6) is 0 Å². The minimum absolute atomic E-state index is 0.112. The number of aromatic nitrogens is 5. The van der Waals surface area contributed by atoms with E-state index in [0.29, 0.717) is 36.0 Å². The summed E-state index contributed by atoms with van der Waals surface area (Å²) in [6.45, 7) is 7.91. The Morgan fingerprint density at radius 2 is 1.89 bits per heavy atom. The molecule has 2 aliphatic heterocycles. The van der Waals surface area contributed by atoms with Crippen LogP contribution in [0.15, 0.2) is 48.7 Å². The number of likely N-dealkylation sites (tertiary alicyclic amines) is 1. The van der Waals surface area contributed by atoms with Crippen LogP contribution in [0.25, 0.3) is 11.4 Å². The summed E-state index contributed by atoms with van der Waals surface area (Å²) in [7, 11) is 0. The number of benzene rings is 2. The summed E-state index contributed by atoms with van der Waals surface area (Å²) >= 11 is 5.80. The molecule has 1 saturated heterocycles. The number of H-pyrrole nitrogens is 1. The molecule has 2 unspecified atom stereocenters. The first kappa shape index (κ1) is 29.9. The predicted molar refractivity (Wildman–Crippen MR) is 159 cm³/mol. The number of piperidine rings is 1. The van der Waals surface area contributed by atoms with Crippen molar-refractivity contribution in [3.05, 3.63) is 76.2 Å². The van der Waals surface area contributed by atoms with Gasteiger partial charge in [-0.25, -0.2) is 9.67 Å². The number of nitrogens with one attached hydrogen (secondary N) is 1. The maximum Gasteiger partial charge on any atom is 0.417 e. The molecule has 2 amide bonds. The highest BCUT2D eigenvalue weighted by atomic mass is 35.5. The number of rotatable bonds is 5. The van der Waals surface area contributed by atoms with Gasteiger partial charge in [0.2, 0.25) is 5.91 Å². The van der Waals surface area contributed by atoms with E-state index in [4.69, 9.17) is 16.7 Å². The fourth-order valence-corrected chi connectivity index (χ4v) is 6.44. The second-order valence-electron chi connectivity index (χ2n) is 11.9. The Hall–Kier alpha value is -4.19. The molecule has 6 rings (SSSR count). The smallest absolute Gasteiger partial charge is 0.334 e. The van der Waals surface area contributed by atoms with Crippen LogP contribution in [0.3, 0.4) is 0 Å². The highest BCUT2D eigenvalue weighted by Crippen LogP contribution is 2.45. The Morgan fingerprint density at radius 1 is 1.16 bits per heavy atom. The maximum absolute atomic E-state index is 14.3. The molecule has 1 N–H and O–H groups in total. The standard InChI is InChI=1S/C31H31ClF3N7O2/c1-16(2)11-21-14-36-42-26-15-40(29(43)20-7-10-25(32)24(13-20)31(33,34)35)17(3)12-23(26)30(44)41(28(21)42)22-8-5-19(6-9-22)27-37-18(4)38-39-27/h5-10,13-14,16-17,23,26H,11-12,15H2,1-4H3,(H,37,38,39)/t17-,23?,26?/m0/s1. The largest absolute Gasteiger partial charge is 0.417 e. The highest BCUT2D eigenvalue weighted by Gasteiger charge is 2.48. The molecule has 44 heavy (non-hydrogen) atoms. The normalized spacial score (nSPS) is 20.2. The first-order valence-corrected chi connectivity index (χ1v) is 14.8. The second-order valence-corrected chi connectivity index (χ2v) is 12.3. The van der Waals surface area contributed by atoms with Crippen molar-refractivity contribution >= 4 is 34.9 Å². The van der Waals surface area contributed by atoms with E-state index in [2.05, 4.69) is 29.0 Å². The summed E-state index contributed by atoms with van der Waals surface area (Å²) in [5, 5.41) is 11.3. The van der Waals surface area contributed by atoms with Gasteiger partial charge in [-0.05, 0) is 75.1 Å². The summed E-state index contributed by atoms with van der Waals surface area (Å²) < 4.78 is 42.5. The zero-order valence-electron chi connectivity index (χ0n) is 24.6. The number of anilines is 2. The van der Waals surface area contributed by atoms with Crippen LogP contribution in [0.4, 0.5) is 24.7 Å². The number of nitrogens with zero attached hydrogens (tertiary/aromatic N) is 6. The van der Waals surface area contributed by atoms with Gasteiger partial charge in [-0.2, -0.15) is 23.4 Å². The SMILES string of the molecule is Cc1nc(-c2ccc(N3C(=O)C4C[C@H](C)N(C(=O)c5ccc(Cl)c(C(F)(F)F)c5)CC4n4ncc(CC(C)C)c43)cc2)n[nH]1. The molecule has 3 atom stereocenters. The molecule has 0 saturated carbocycles. The van der Waals surface area contributed by atoms with Crippen LogP contribution in [0.2, 0.25) is 5.02 Å². The first-order chi connectivity index (χ1) is 20.8. The summed E-state index contributed by atoms with van der Waals surface area (Å²) in [5.41, 5.74) is 1.19. The summed E-state index contributed by atoms with van der Waals surface area (Å²) in [5.74, 6) is 1.00. The molecule has 0 spiro atoms. The molecule has 1 fully saturated rings. The molecule has 2 aliphatic rings. The van der Waals surface area contributed by atoms with E-state index >= 15 is 0 Å². The van der Waals surface area contributed by atoms with Crippen LogP contribution < -0.4 is 4.90 Å². The second kappa shape index (κ2) is 11.1. The average Bonchev–Trinajstić information content (AvgIpc) is 3.59. The minimum Gasteiger partial charge on any atom is -0.334 e. The molecule has 2 aromatic carbocycles. The Kier molecular flexibility index (Phi) is 7.51. The predicted octanol–water partition coefficient (Wildman–Crippen LogP) is 6.62. The molecule has 0 radical (unpaired) electrons. The van der Waals surface area contributed by atoms with Crippen LogP contribution in [-0.4, -0.2) is 54.3 Å². The van der Waals surface area contributed by atoms with Crippen molar-refractivity contribution < 1.29 is 22.8 Å². The van der Waals surface area contributed by atoms with Gasteiger partial charge in [0.15, 0.2) is 5.82 Å². The molecule has 0 aliphatic carbocycles. The van der Waals surface area contributed by atoms with Crippen LogP contribution in [0, 0.1) is 18.8 Å². The summed E-state index contributed by atoms with van der Waals surface area (Å²) in [6, 6.07) is 9.74. The fraction of sp³-hybridized carbons (Fsp3) is 0.387. The minimum atomic E-state index is -4.70. The Balaban J connectivity index is 1.37. The van der Waals surface area contributed by atoms with Crippen molar-refractivity contribution in [1.82, 2.24) is 29.9 Å². The van der Waals surface area contributed by atoms with Gasteiger partial charge in [-0.3, -0.25) is 19.6 Å². The summed E-state index contributed by atoms with van der Waals surface area (Å²) in [6.07, 6.45) is -1.94. The molecule has 13 heteroatoms. The molecular weight excluding hydrogens is 595 g/mol. The maximum atomic E-state index is 14.3. The van der Waals surface area contributed by atoms with Gasteiger partial charge in [0, 0.05) is 29.3 Å². The van der Waals surface area contributed by atoms with E-state index in [1.165, 1.54) is 11.0 Å². The van der Waals surface area contributed by atoms with Gasteiger partial charge in [0.05, 0.1) is 34.4 Å². The number of aromatic amines is 1. The van der Waals surface area contributed by atoms with E-state index in [0.717, 1.165) is 23.3 Å². The van der Waals surface area contributed by atoms with E-state index in [1.807, 2.05) is 42.8 Å². The highest BCUT2D eigenvalue weighted by molar-refractivity contribution is 6.31. The number of alkyl halides is 3. The average molecular weight is 626 g/mol. The zero-order chi connectivity index (χ0) is 31.5. The topological polar surface area (TPSA) is 100 Å². The Morgan fingerprint density at radius 3 is 2.52 bits per heavy atom. The van der Waals surface area contributed by atoms with Gasteiger partial charge in [-0.1, -0.05) is 25.4 Å². The number of carbonyl (C=O) groups excluding carboxylic acids is 2. The number of amides is 2. The van der Waals surface area contributed by atoms with Gasteiger partial charge in [0.25, 0.3) is 5.91 Å². The summed E-state index contributed by atoms with van der Waals surface area (Å²) in [4.78, 5) is 35.6. The van der Waals surface area contributed by atoms with Crippen LogP contribution in [-0.2, 0) is 17.4 Å². The number of carbonyl (C=O) groups is 2. The molecule has 4 aromatic rings. The van der Waals surface area contributed by atoms with Crippen molar-refractivity contribution in [1.29, 1.82) is 0 Å². The van der Waals surface area contributed by atoms with Gasteiger partial charge in [0.1, 0.15) is 11.6 Å².